The van der Waals surface area contributed by atoms with Gasteiger partial charge in [0.25, 0.3) is 0 Å². The minimum absolute atomic E-state index is 0.298. The quantitative estimate of drug-likeness (QED) is 0.567. The SMILES string of the molecule is CCc1cccc(OCCNC(=O)Nc2cc(C(=O)OC)ccc2Cl)c1. The van der Waals surface area contributed by atoms with E-state index in [4.69, 9.17) is 16.3 Å². The van der Waals surface area contributed by atoms with Crippen molar-refractivity contribution in [1.82, 2.24) is 5.32 Å². The number of anilines is 1. The van der Waals surface area contributed by atoms with Crippen LogP contribution in [0.3, 0.4) is 0 Å². The van der Waals surface area contributed by atoms with E-state index in [0.717, 1.165) is 12.2 Å². The molecule has 0 atom stereocenters. The Hall–Kier alpha value is -2.73. The fourth-order valence-electron chi connectivity index (χ4n) is 2.22. The molecule has 2 N–H and O–H groups in total. The highest BCUT2D eigenvalue weighted by atomic mass is 35.5. The molecule has 0 unspecified atom stereocenters. The lowest BCUT2D eigenvalue weighted by atomic mass is 10.2. The molecule has 0 aliphatic carbocycles. The van der Waals surface area contributed by atoms with Crippen LogP contribution >= 0.6 is 11.6 Å². The molecule has 0 aliphatic heterocycles. The molecule has 2 rings (SSSR count). The molecule has 2 amide bonds. The zero-order chi connectivity index (χ0) is 18.9. The molecule has 2 aromatic rings. The summed E-state index contributed by atoms with van der Waals surface area (Å²) >= 11 is 6.04. The number of amides is 2. The van der Waals surface area contributed by atoms with Gasteiger partial charge in [-0.1, -0.05) is 30.7 Å². The van der Waals surface area contributed by atoms with Crippen molar-refractivity contribution in [2.75, 3.05) is 25.6 Å². The lowest BCUT2D eigenvalue weighted by Gasteiger charge is -2.11. The van der Waals surface area contributed by atoms with Gasteiger partial charge in [-0.25, -0.2) is 9.59 Å². The van der Waals surface area contributed by atoms with Crippen molar-refractivity contribution in [3.63, 3.8) is 0 Å². The average Bonchev–Trinajstić information content (AvgIpc) is 2.66. The molecule has 0 spiro atoms. The Balaban J connectivity index is 1.82. The largest absolute Gasteiger partial charge is 0.492 e. The number of methoxy groups -OCH3 is 1. The summed E-state index contributed by atoms with van der Waals surface area (Å²) in [6.45, 7) is 2.72. The van der Waals surface area contributed by atoms with E-state index in [1.54, 1.807) is 0 Å². The van der Waals surface area contributed by atoms with Crippen LogP contribution in [0.15, 0.2) is 42.5 Å². The van der Waals surface area contributed by atoms with Gasteiger partial charge in [0, 0.05) is 0 Å². The van der Waals surface area contributed by atoms with Crippen LogP contribution in [0.1, 0.15) is 22.8 Å². The summed E-state index contributed by atoms with van der Waals surface area (Å²) in [6.07, 6.45) is 0.934. The van der Waals surface area contributed by atoms with Crippen molar-refractivity contribution in [3.8, 4) is 5.75 Å². The summed E-state index contributed by atoms with van der Waals surface area (Å²) in [4.78, 5) is 23.5. The molecule has 0 aromatic heterocycles. The van der Waals surface area contributed by atoms with Crippen LogP contribution in [-0.2, 0) is 11.2 Å². The Labute approximate surface area is 157 Å². The number of carbonyl (C=O) groups is 2. The molecular weight excluding hydrogens is 356 g/mol. The summed E-state index contributed by atoms with van der Waals surface area (Å²) in [7, 11) is 1.28. The molecule has 6 nitrogen and oxygen atoms in total. The second kappa shape index (κ2) is 9.68. The number of nitrogens with one attached hydrogen (secondary N) is 2. The Morgan fingerprint density at radius 2 is 1.96 bits per heavy atom. The predicted octanol–water partition coefficient (Wildman–Crippen LogP) is 3.89. The first kappa shape index (κ1) is 19.6. The maximum Gasteiger partial charge on any atom is 0.337 e. The number of hydrogen-bond donors (Lipinski definition) is 2. The molecule has 2 aromatic carbocycles. The van der Waals surface area contributed by atoms with Gasteiger partial charge in [0.2, 0.25) is 0 Å². The highest BCUT2D eigenvalue weighted by Crippen LogP contribution is 2.23. The predicted molar refractivity (Wildman–Crippen MR) is 101 cm³/mol. The van der Waals surface area contributed by atoms with Gasteiger partial charge in [0.05, 0.1) is 29.9 Å². The molecule has 0 radical (unpaired) electrons. The Morgan fingerprint density at radius 1 is 1.15 bits per heavy atom. The monoisotopic (exact) mass is 376 g/mol. The summed E-state index contributed by atoms with van der Waals surface area (Å²) in [5.74, 6) is 0.258. The van der Waals surface area contributed by atoms with E-state index in [9.17, 15) is 9.59 Å². The first-order valence-electron chi connectivity index (χ1n) is 8.18. The first-order chi connectivity index (χ1) is 12.5. The summed E-state index contributed by atoms with van der Waals surface area (Å²) in [5, 5.41) is 5.59. The maximum absolute atomic E-state index is 12.0. The number of halogens is 1. The second-order valence-corrected chi connectivity index (χ2v) is 5.82. The molecule has 0 fully saturated rings. The van der Waals surface area contributed by atoms with Gasteiger partial charge < -0.3 is 20.1 Å². The maximum atomic E-state index is 12.0. The Kier molecular flexibility index (Phi) is 7.29. The Bertz CT molecular complexity index is 780. The smallest absolute Gasteiger partial charge is 0.337 e. The van der Waals surface area contributed by atoms with Crippen molar-refractivity contribution >= 4 is 29.3 Å². The third kappa shape index (κ3) is 5.67. The van der Waals surface area contributed by atoms with Gasteiger partial charge >= 0.3 is 12.0 Å². The average molecular weight is 377 g/mol. The molecule has 0 aliphatic rings. The molecule has 7 heteroatoms. The molecule has 0 saturated heterocycles. The van der Waals surface area contributed by atoms with Crippen molar-refractivity contribution in [1.29, 1.82) is 0 Å². The van der Waals surface area contributed by atoms with Gasteiger partial charge in [0.1, 0.15) is 12.4 Å². The van der Waals surface area contributed by atoms with Crippen molar-refractivity contribution in [2.24, 2.45) is 0 Å². The van der Waals surface area contributed by atoms with Crippen LogP contribution in [0.2, 0.25) is 5.02 Å². The molecule has 0 bridgehead atoms. The second-order valence-electron chi connectivity index (χ2n) is 5.42. The van der Waals surface area contributed by atoms with Gasteiger partial charge in [-0.3, -0.25) is 0 Å². The van der Waals surface area contributed by atoms with Crippen LogP contribution < -0.4 is 15.4 Å². The number of aryl methyl sites for hydroxylation is 1. The van der Waals surface area contributed by atoms with Crippen LogP contribution in [0.4, 0.5) is 10.5 Å². The van der Waals surface area contributed by atoms with Gasteiger partial charge in [0.15, 0.2) is 0 Å². The molecule has 138 valence electrons. The number of esters is 1. The number of hydrogen-bond acceptors (Lipinski definition) is 4. The van der Waals surface area contributed by atoms with Crippen molar-refractivity contribution in [2.45, 2.75) is 13.3 Å². The molecule has 0 saturated carbocycles. The number of rotatable bonds is 7. The lowest BCUT2D eigenvalue weighted by Crippen LogP contribution is -2.32. The van der Waals surface area contributed by atoms with Crippen LogP contribution in [0.25, 0.3) is 0 Å². The normalized spacial score (nSPS) is 10.1. The van der Waals surface area contributed by atoms with E-state index in [-0.39, 0.29) is 0 Å². The Morgan fingerprint density at radius 3 is 2.69 bits per heavy atom. The summed E-state index contributed by atoms with van der Waals surface area (Å²) in [6, 6.07) is 11.9. The van der Waals surface area contributed by atoms with Crippen LogP contribution in [-0.4, -0.2) is 32.3 Å². The van der Waals surface area contributed by atoms with Crippen LogP contribution in [0, 0.1) is 0 Å². The summed E-state index contributed by atoms with van der Waals surface area (Å²) in [5.41, 5.74) is 1.81. The zero-order valence-electron chi connectivity index (χ0n) is 14.7. The number of urea groups is 1. The molecular formula is C19H21ClN2O4. The number of ether oxygens (including phenoxy) is 2. The zero-order valence-corrected chi connectivity index (χ0v) is 15.4. The molecule has 26 heavy (non-hydrogen) atoms. The van der Waals surface area contributed by atoms with E-state index in [2.05, 4.69) is 22.3 Å². The topological polar surface area (TPSA) is 76.7 Å². The van der Waals surface area contributed by atoms with E-state index in [1.165, 1.54) is 30.9 Å². The fraction of sp³-hybridized carbons (Fsp3) is 0.263. The van der Waals surface area contributed by atoms with Crippen molar-refractivity contribution in [3.05, 3.63) is 58.6 Å². The fourth-order valence-corrected chi connectivity index (χ4v) is 2.39. The van der Waals surface area contributed by atoms with E-state index >= 15 is 0 Å². The van der Waals surface area contributed by atoms with Gasteiger partial charge in [-0.2, -0.15) is 0 Å². The highest BCUT2D eigenvalue weighted by Gasteiger charge is 2.11. The first-order valence-corrected chi connectivity index (χ1v) is 8.55. The minimum atomic E-state index is -0.507. The van der Waals surface area contributed by atoms with E-state index < -0.39 is 12.0 Å². The molecule has 0 heterocycles. The highest BCUT2D eigenvalue weighted by molar-refractivity contribution is 6.33. The van der Waals surface area contributed by atoms with E-state index in [0.29, 0.717) is 29.4 Å². The minimum Gasteiger partial charge on any atom is -0.492 e. The third-order valence-corrected chi connectivity index (χ3v) is 3.93. The van der Waals surface area contributed by atoms with Crippen molar-refractivity contribution < 1.29 is 19.1 Å². The van der Waals surface area contributed by atoms with Gasteiger partial charge in [-0.15, -0.1) is 0 Å². The number of carbonyl (C=O) groups excluding carboxylic acids is 2. The van der Waals surface area contributed by atoms with E-state index in [1.807, 2.05) is 24.3 Å². The lowest BCUT2D eigenvalue weighted by molar-refractivity contribution is 0.0600. The van der Waals surface area contributed by atoms with Gasteiger partial charge in [-0.05, 0) is 42.3 Å². The van der Waals surface area contributed by atoms with Crippen LogP contribution in [0.5, 0.6) is 5.75 Å². The standard InChI is InChI=1S/C19H21ClN2O4/c1-3-13-5-4-6-15(11-13)26-10-9-21-19(24)22-17-12-14(18(23)25-2)7-8-16(17)20/h4-8,11-12H,3,9-10H2,1-2H3,(H2,21,22,24). The third-order valence-electron chi connectivity index (χ3n) is 3.60. The number of benzene rings is 2. The summed E-state index contributed by atoms with van der Waals surface area (Å²) < 4.78 is 10.3.